The summed E-state index contributed by atoms with van der Waals surface area (Å²) in [4.78, 5) is 20.5. The van der Waals surface area contributed by atoms with Crippen molar-refractivity contribution in [2.24, 2.45) is 5.92 Å². The number of piperidine rings is 1. The zero-order chi connectivity index (χ0) is 23.5. The molecule has 3 aliphatic rings. The normalized spacial score (nSPS) is 22.5. The van der Waals surface area contributed by atoms with E-state index in [1.54, 1.807) is 0 Å². The van der Waals surface area contributed by atoms with Crippen LogP contribution in [-0.2, 0) is 25.8 Å². The van der Waals surface area contributed by atoms with Crippen molar-refractivity contribution < 1.29 is 4.79 Å². The number of aromatic nitrogens is 2. The minimum absolute atomic E-state index is 0.120. The first-order valence-corrected chi connectivity index (χ1v) is 13.1. The van der Waals surface area contributed by atoms with Gasteiger partial charge in [0.15, 0.2) is 5.69 Å². The number of fused-ring (bicyclic) bond motifs is 1. The molecular formula is C28H39N5O. The van der Waals surface area contributed by atoms with Gasteiger partial charge >= 0.3 is 0 Å². The fourth-order valence-corrected chi connectivity index (χ4v) is 6.06. The number of carbonyl (C=O) groups excluding carboxylic acids is 1. The minimum Gasteiger partial charge on any atom is -0.335 e. The number of likely N-dealkylation sites (N-methyl/N-ethyl adjacent to an activating group) is 1. The second-order valence-corrected chi connectivity index (χ2v) is 10.4. The van der Waals surface area contributed by atoms with Crippen LogP contribution < -0.4 is 0 Å². The molecule has 0 saturated carbocycles. The summed E-state index contributed by atoms with van der Waals surface area (Å²) in [5.41, 5.74) is 4.62. The molecule has 1 aromatic carbocycles. The number of hydrogen-bond acceptors (Lipinski definition) is 4. The molecule has 1 aliphatic carbocycles. The number of benzene rings is 1. The van der Waals surface area contributed by atoms with Crippen LogP contribution in [-0.4, -0.2) is 82.7 Å². The van der Waals surface area contributed by atoms with Crippen LogP contribution in [0.15, 0.2) is 43.0 Å². The molecule has 2 aromatic rings. The van der Waals surface area contributed by atoms with Crippen molar-refractivity contribution >= 4 is 5.91 Å². The van der Waals surface area contributed by atoms with Gasteiger partial charge in [-0.3, -0.25) is 9.48 Å². The van der Waals surface area contributed by atoms with E-state index >= 15 is 0 Å². The Bertz CT molecular complexity index is 984. The summed E-state index contributed by atoms with van der Waals surface area (Å²) in [6.45, 7) is 10.4. The van der Waals surface area contributed by atoms with Crippen molar-refractivity contribution in [3.8, 4) is 0 Å². The molecule has 1 atom stereocenters. The molecule has 0 unspecified atom stereocenters. The second kappa shape index (κ2) is 10.4. The van der Waals surface area contributed by atoms with E-state index in [2.05, 4.69) is 53.8 Å². The molecular weight excluding hydrogens is 422 g/mol. The van der Waals surface area contributed by atoms with Crippen LogP contribution in [0.5, 0.6) is 0 Å². The number of carbonyl (C=O) groups is 1. The van der Waals surface area contributed by atoms with Gasteiger partial charge in [0.25, 0.3) is 5.91 Å². The Morgan fingerprint density at radius 2 is 1.79 bits per heavy atom. The highest BCUT2D eigenvalue weighted by Gasteiger charge is 2.34. The van der Waals surface area contributed by atoms with E-state index < -0.39 is 0 Å². The molecule has 1 amide bonds. The summed E-state index contributed by atoms with van der Waals surface area (Å²) in [5.74, 6) is 0.900. The average molecular weight is 462 g/mol. The molecule has 6 nitrogen and oxygen atoms in total. The Balaban J connectivity index is 1.26. The largest absolute Gasteiger partial charge is 0.335 e. The summed E-state index contributed by atoms with van der Waals surface area (Å²) in [7, 11) is 2.12. The monoisotopic (exact) mass is 461 g/mol. The summed E-state index contributed by atoms with van der Waals surface area (Å²) in [5, 5.41) is 4.84. The van der Waals surface area contributed by atoms with Crippen molar-refractivity contribution in [3.05, 3.63) is 65.5 Å². The highest BCUT2D eigenvalue weighted by molar-refractivity contribution is 5.94. The molecule has 0 bridgehead atoms. The van der Waals surface area contributed by atoms with E-state index in [0.29, 0.717) is 18.3 Å². The number of hydrogen-bond donors (Lipinski definition) is 0. The molecule has 34 heavy (non-hydrogen) atoms. The SMILES string of the molecule is C=CCn1nc(C(=O)N2CCN(C)CC2)c2c1CC[C@@H](N1CCC(Cc3ccccc3)CC1)C2. The molecule has 3 heterocycles. The molecule has 0 radical (unpaired) electrons. The van der Waals surface area contributed by atoms with E-state index in [0.717, 1.165) is 51.4 Å². The molecule has 2 aliphatic heterocycles. The smallest absolute Gasteiger partial charge is 0.274 e. The number of amides is 1. The van der Waals surface area contributed by atoms with Crippen LogP contribution in [0.3, 0.4) is 0 Å². The van der Waals surface area contributed by atoms with Crippen LogP contribution in [0.4, 0.5) is 0 Å². The number of rotatable bonds is 6. The van der Waals surface area contributed by atoms with Crippen molar-refractivity contribution in [3.63, 3.8) is 0 Å². The average Bonchev–Trinajstić information content (AvgIpc) is 3.23. The lowest BCUT2D eigenvalue weighted by molar-refractivity contribution is 0.0655. The highest BCUT2D eigenvalue weighted by atomic mass is 16.2. The quantitative estimate of drug-likeness (QED) is 0.620. The van der Waals surface area contributed by atoms with E-state index in [1.165, 1.54) is 49.2 Å². The van der Waals surface area contributed by atoms with Crippen LogP contribution in [0.25, 0.3) is 0 Å². The molecule has 2 fully saturated rings. The lowest BCUT2D eigenvalue weighted by Gasteiger charge is -2.39. The molecule has 1 aromatic heterocycles. The Morgan fingerprint density at radius 3 is 2.50 bits per heavy atom. The van der Waals surface area contributed by atoms with E-state index in [4.69, 9.17) is 5.10 Å². The lowest BCUT2D eigenvalue weighted by Crippen LogP contribution is -2.48. The van der Waals surface area contributed by atoms with Crippen LogP contribution in [0.1, 0.15) is 46.6 Å². The zero-order valence-electron chi connectivity index (χ0n) is 20.7. The maximum atomic E-state index is 13.5. The van der Waals surface area contributed by atoms with Crippen LogP contribution >= 0.6 is 0 Å². The third kappa shape index (κ3) is 4.98. The first-order valence-electron chi connectivity index (χ1n) is 13.1. The van der Waals surface area contributed by atoms with Gasteiger partial charge in [-0.25, -0.2) is 0 Å². The first kappa shape index (κ1) is 23.3. The third-order valence-corrected chi connectivity index (χ3v) is 8.15. The maximum Gasteiger partial charge on any atom is 0.274 e. The van der Waals surface area contributed by atoms with Crippen molar-refractivity contribution in [2.75, 3.05) is 46.3 Å². The van der Waals surface area contributed by atoms with Gasteiger partial charge in [0.2, 0.25) is 0 Å². The summed E-state index contributed by atoms with van der Waals surface area (Å²) >= 11 is 0. The molecule has 0 N–H and O–H groups in total. The molecule has 2 saturated heterocycles. The Hall–Kier alpha value is -2.44. The van der Waals surface area contributed by atoms with Crippen molar-refractivity contribution in [1.82, 2.24) is 24.5 Å². The highest BCUT2D eigenvalue weighted by Crippen LogP contribution is 2.31. The summed E-state index contributed by atoms with van der Waals surface area (Å²) in [6, 6.07) is 11.4. The molecule has 5 rings (SSSR count). The van der Waals surface area contributed by atoms with Gasteiger partial charge < -0.3 is 14.7 Å². The van der Waals surface area contributed by atoms with Gasteiger partial charge in [0, 0.05) is 43.5 Å². The maximum absolute atomic E-state index is 13.5. The van der Waals surface area contributed by atoms with Gasteiger partial charge in [-0.2, -0.15) is 5.10 Å². The minimum atomic E-state index is 0.120. The van der Waals surface area contributed by atoms with Gasteiger partial charge in [-0.15, -0.1) is 6.58 Å². The van der Waals surface area contributed by atoms with E-state index in [-0.39, 0.29) is 5.91 Å². The first-order chi connectivity index (χ1) is 16.6. The number of likely N-dealkylation sites (tertiary alicyclic amines) is 1. The van der Waals surface area contributed by atoms with Gasteiger partial charge in [-0.05, 0) is 70.1 Å². The van der Waals surface area contributed by atoms with Crippen LogP contribution in [0.2, 0.25) is 0 Å². The van der Waals surface area contributed by atoms with Gasteiger partial charge in [0.05, 0.1) is 6.54 Å². The standard InChI is InChI=1S/C28H39N5O/c1-3-13-33-26-10-9-24(31-14-11-23(12-15-31)20-22-7-5-4-6-8-22)21-25(26)27(29-33)28(34)32-18-16-30(2)17-19-32/h3-8,23-24H,1,9-21H2,2H3/t24-/m1/s1. The number of piperazine rings is 1. The van der Waals surface area contributed by atoms with Crippen molar-refractivity contribution in [1.29, 1.82) is 0 Å². The predicted molar refractivity (Wildman–Crippen MR) is 136 cm³/mol. The number of nitrogens with zero attached hydrogens (tertiary/aromatic N) is 5. The fraction of sp³-hybridized carbons (Fsp3) is 0.571. The van der Waals surface area contributed by atoms with Gasteiger partial charge in [0.1, 0.15) is 0 Å². The van der Waals surface area contributed by atoms with E-state index in [9.17, 15) is 4.79 Å². The molecule has 182 valence electrons. The molecule has 0 spiro atoms. The van der Waals surface area contributed by atoms with E-state index in [1.807, 2.05) is 15.7 Å². The Morgan fingerprint density at radius 1 is 1.06 bits per heavy atom. The Labute approximate surface area is 204 Å². The topological polar surface area (TPSA) is 44.6 Å². The Kier molecular flexibility index (Phi) is 7.16. The third-order valence-electron chi connectivity index (χ3n) is 8.15. The predicted octanol–water partition coefficient (Wildman–Crippen LogP) is 3.27. The number of allylic oxidation sites excluding steroid dienone is 1. The summed E-state index contributed by atoms with van der Waals surface area (Å²) < 4.78 is 2.04. The van der Waals surface area contributed by atoms with Crippen molar-refractivity contribution in [2.45, 2.75) is 51.1 Å². The lowest BCUT2D eigenvalue weighted by atomic mass is 9.86. The summed E-state index contributed by atoms with van der Waals surface area (Å²) in [6.07, 6.45) is 8.72. The fourth-order valence-electron chi connectivity index (χ4n) is 6.06. The van der Waals surface area contributed by atoms with Crippen LogP contribution in [0, 0.1) is 5.92 Å². The van der Waals surface area contributed by atoms with Gasteiger partial charge in [-0.1, -0.05) is 36.4 Å². The zero-order valence-corrected chi connectivity index (χ0v) is 20.7. The molecule has 6 heteroatoms. The second-order valence-electron chi connectivity index (χ2n) is 10.4.